The van der Waals surface area contributed by atoms with Crippen LogP contribution in [-0.2, 0) is 0 Å². The lowest BCUT2D eigenvalue weighted by atomic mass is 9.85. The molecule has 0 amide bonds. The van der Waals surface area contributed by atoms with E-state index >= 15 is 0 Å². The molecule has 6 aromatic heterocycles. The van der Waals surface area contributed by atoms with Gasteiger partial charge < -0.3 is 14.0 Å². The SMILES string of the molecule is C1=CC2c3ccc4c5ccc6c7ccccc7n(-c7nc(-c8ccccc8)nc(-c8ccccc8)n7)c6c5n(-c5ccccc5)c4c3N(c3ccccc3)C2c2c1c1ccccc1n2-c1cccc(-c2ccnc(-c3nc(-c4ccccc4)nc(-c4ccccc4)n3)c2)c1. The highest BCUT2D eigenvalue weighted by Gasteiger charge is 2.46. The minimum absolute atomic E-state index is 0.0465. The van der Waals surface area contributed by atoms with E-state index in [0.29, 0.717) is 40.8 Å². The molecule has 1 aliphatic heterocycles. The lowest BCUT2D eigenvalue weighted by molar-refractivity contribution is 0.636. The molecule has 11 nitrogen and oxygen atoms in total. The van der Waals surface area contributed by atoms with Crippen LogP contribution in [-0.4, -0.2) is 48.6 Å². The fraction of sp³-hybridized carbons (Fsp3) is 0.0241. The molecule has 0 radical (unpaired) electrons. The largest absolute Gasteiger partial charge is 0.329 e. The summed E-state index contributed by atoms with van der Waals surface area (Å²) in [4.78, 5) is 38.7. The van der Waals surface area contributed by atoms with Gasteiger partial charge in [0, 0.05) is 83.9 Å². The van der Waals surface area contributed by atoms with Crippen molar-refractivity contribution >= 4 is 72.0 Å². The summed E-state index contributed by atoms with van der Waals surface area (Å²) >= 11 is 0. The van der Waals surface area contributed by atoms with Crippen LogP contribution in [0.1, 0.15) is 28.8 Å². The van der Waals surface area contributed by atoms with Crippen molar-refractivity contribution in [2.24, 2.45) is 0 Å². The molecule has 94 heavy (non-hydrogen) atoms. The second kappa shape index (κ2) is 21.5. The number of rotatable bonds is 10. The second-order valence-electron chi connectivity index (χ2n) is 24.0. The van der Waals surface area contributed by atoms with Gasteiger partial charge in [-0.05, 0) is 77.4 Å². The van der Waals surface area contributed by atoms with E-state index in [4.69, 9.17) is 34.9 Å². The number of hydrogen-bond donors (Lipinski definition) is 0. The van der Waals surface area contributed by atoms with Crippen LogP contribution in [0.4, 0.5) is 11.4 Å². The smallest absolute Gasteiger partial charge is 0.238 e. The summed E-state index contributed by atoms with van der Waals surface area (Å²) in [5.74, 6) is 3.36. The van der Waals surface area contributed by atoms with Gasteiger partial charge in [0.1, 0.15) is 5.69 Å². The Balaban J connectivity index is 0.827. The fourth-order valence-electron chi connectivity index (χ4n) is 14.7. The molecule has 0 N–H and O–H groups in total. The minimum Gasteiger partial charge on any atom is -0.329 e. The summed E-state index contributed by atoms with van der Waals surface area (Å²) in [5.41, 5.74) is 19.6. The molecule has 0 saturated heterocycles. The predicted molar refractivity (Wildman–Crippen MR) is 379 cm³/mol. The molecule has 440 valence electrons. The normalized spacial score (nSPS) is 14.1. The average Bonchev–Trinajstić information content (AvgIpc) is 1.52. The zero-order valence-corrected chi connectivity index (χ0v) is 50.5. The van der Waals surface area contributed by atoms with Crippen molar-refractivity contribution in [2.45, 2.75) is 12.0 Å². The van der Waals surface area contributed by atoms with Crippen molar-refractivity contribution in [3.05, 3.63) is 320 Å². The molecule has 2 unspecified atom stereocenters. The van der Waals surface area contributed by atoms with E-state index in [1.165, 1.54) is 22.2 Å². The third kappa shape index (κ3) is 8.41. The van der Waals surface area contributed by atoms with Crippen molar-refractivity contribution in [1.82, 2.24) is 48.6 Å². The van der Waals surface area contributed by atoms with Gasteiger partial charge >= 0.3 is 0 Å². The molecule has 2 aliphatic rings. The monoisotopic (exact) mass is 1200 g/mol. The van der Waals surface area contributed by atoms with Gasteiger partial charge in [-0.3, -0.25) is 9.55 Å². The molecule has 19 rings (SSSR count). The van der Waals surface area contributed by atoms with Crippen LogP contribution in [0, 0.1) is 0 Å². The Morgan fingerprint density at radius 1 is 0.309 bits per heavy atom. The first-order valence-electron chi connectivity index (χ1n) is 31.7. The Labute approximate surface area is 540 Å². The first-order chi connectivity index (χ1) is 46.6. The Morgan fingerprint density at radius 3 is 1.38 bits per heavy atom. The molecule has 11 heteroatoms. The first-order valence-corrected chi connectivity index (χ1v) is 31.7. The van der Waals surface area contributed by atoms with E-state index in [0.717, 1.165) is 105 Å². The Bertz CT molecular complexity index is 5750. The Hall–Kier alpha value is -12.7. The molecular weight excluding hydrogens is 1150 g/mol. The number of aromatic nitrogens is 10. The highest BCUT2D eigenvalue weighted by atomic mass is 15.3. The van der Waals surface area contributed by atoms with Crippen molar-refractivity contribution < 1.29 is 0 Å². The number of hydrogen-bond acceptors (Lipinski definition) is 8. The number of pyridine rings is 1. The quantitative estimate of drug-likeness (QED) is 0.133. The van der Waals surface area contributed by atoms with E-state index in [2.05, 4.69) is 225 Å². The zero-order valence-electron chi connectivity index (χ0n) is 50.5. The van der Waals surface area contributed by atoms with Crippen LogP contribution in [0.2, 0.25) is 0 Å². The molecular formula is C83H53N11. The van der Waals surface area contributed by atoms with Crippen LogP contribution in [0.5, 0.6) is 0 Å². The summed E-state index contributed by atoms with van der Waals surface area (Å²) in [6, 6.07) is 102. The molecule has 0 spiro atoms. The van der Waals surface area contributed by atoms with E-state index in [1.54, 1.807) is 0 Å². The predicted octanol–water partition coefficient (Wildman–Crippen LogP) is 19.6. The van der Waals surface area contributed by atoms with Crippen molar-refractivity contribution in [1.29, 1.82) is 0 Å². The maximum atomic E-state index is 5.43. The van der Waals surface area contributed by atoms with Crippen LogP contribution in [0.15, 0.2) is 303 Å². The zero-order chi connectivity index (χ0) is 61.8. The molecule has 2 atom stereocenters. The Morgan fingerprint density at radius 2 is 0.766 bits per heavy atom. The first kappa shape index (κ1) is 53.1. The third-order valence-corrected chi connectivity index (χ3v) is 18.7. The summed E-state index contributed by atoms with van der Waals surface area (Å²) in [7, 11) is 0. The lowest BCUT2D eigenvalue weighted by Crippen LogP contribution is -2.26. The van der Waals surface area contributed by atoms with Crippen LogP contribution >= 0.6 is 0 Å². The van der Waals surface area contributed by atoms with Gasteiger partial charge in [-0.2, -0.15) is 9.97 Å². The minimum atomic E-state index is -0.181. The fourth-order valence-corrected chi connectivity index (χ4v) is 14.7. The van der Waals surface area contributed by atoms with Gasteiger partial charge in [-0.25, -0.2) is 19.9 Å². The van der Waals surface area contributed by atoms with Crippen molar-refractivity contribution in [3.63, 3.8) is 0 Å². The lowest BCUT2D eigenvalue weighted by Gasteiger charge is -2.34. The molecule has 11 aromatic carbocycles. The van der Waals surface area contributed by atoms with Crippen LogP contribution in [0.3, 0.4) is 0 Å². The molecule has 1 aliphatic carbocycles. The van der Waals surface area contributed by atoms with Gasteiger partial charge in [-0.1, -0.05) is 243 Å². The van der Waals surface area contributed by atoms with Gasteiger partial charge in [-0.15, -0.1) is 0 Å². The van der Waals surface area contributed by atoms with Crippen molar-refractivity contribution in [2.75, 3.05) is 4.90 Å². The third-order valence-electron chi connectivity index (χ3n) is 18.7. The molecule has 7 heterocycles. The van der Waals surface area contributed by atoms with E-state index in [1.807, 2.05) is 103 Å². The van der Waals surface area contributed by atoms with Gasteiger partial charge in [0.05, 0.1) is 45.0 Å². The molecule has 17 aromatic rings. The Kier molecular flexibility index (Phi) is 12.1. The standard InChI is InChI=1S/C83H53N11/c1-7-24-52(25-8-1)78-85-79(53-26-9-2-10-27-53)88-82(87-78)69-51-57(48-49-84-69)56-32-23-37-60(50-56)91-70-40-21-19-38-61(70)63-42-44-65-66-46-47-67-68-45-43-64-62-39-20-22-41-71(62)94(83-89-80(54-28-11-3-12-29-54)86-81(90-83)55-30-13-4-14-31-55)77(64)76(68)93(59-35-17-6-18-36-59)75(67)74(66)92(73(65)72(63)91)58-33-15-5-16-34-58/h1-51,65,73H. The summed E-state index contributed by atoms with van der Waals surface area (Å²) in [6.07, 6.45) is 6.70. The average molecular weight is 1200 g/mol. The summed E-state index contributed by atoms with van der Waals surface area (Å²) in [6.45, 7) is 0. The number of fused-ring (bicyclic) bond motifs is 15. The van der Waals surface area contributed by atoms with Gasteiger partial charge in [0.15, 0.2) is 29.1 Å². The van der Waals surface area contributed by atoms with Crippen LogP contribution in [0.25, 0.3) is 146 Å². The van der Waals surface area contributed by atoms with Gasteiger partial charge in [0.25, 0.3) is 0 Å². The number of benzene rings is 11. The van der Waals surface area contributed by atoms with E-state index in [9.17, 15) is 0 Å². The highest BCUT2D eigenvalue weighted by molar-refractivity contribution is 6.25. The van der Waals surface area contributed by atoms with Crippen LogP contribution < -0.4 is 4.90 Å². The summed E-state index contributed by atoms with van der Waals surface area (Å²) < 4.78 is 7.34. The second-order valence-corrected chi connectivity index (χ2v) is 24.0. The maximum Gasteiger partial charge on any atom is 0.238 e. The van der Waals surface area contributed by atoms with Gasteiger partial charge in [0.2, 0.25) is 5.95 Å². The topological polar surface area (TPSA) is 108 Å². The van der Waals surface area contributed by atoms with E-state index in [-0.39, 0.29) is 12.0 Å². The number of anilines is 2. The summed E-state index contributed by atoms with van der Waals surface area (Å²) in [5, 5.41) is 5.64. The number of nitrogens with zero attached hydrogens (tertiary/aromatic N) is 11. The molecule has 0 bridgehead atoms. The maximum absolute atomic E-state index is 5.43. The number of para-hydroxylation sites is 4. The van der Waals surface area contributed by atoms with Crippen molar-refractivity contribution in [3.8, 4) is 85.5 Å². The van der Waals surface area contributed by atoms with E-state index < -0.39 is 0 Å². The molecule has 0 saturated carbocycles. The molecule has 0 fully saturated rings. The highest BCUT2D eigenvalue weighted by Crippen LogP contribution is 2.60.